The third-order valence-electron chi connectivity index (χ3n) is 3.07. The maximum atomic E-state index is 12.2. The number of hydrogen-bond donors (Lipinski definition) is 1. The van der Waals surface area contributed by atoms with E-state index in [1.807, 2.05) is 30.5 Å². The Kier molecular flexibility index (Phi) is 5.57. The molecule has 2 aromatic carbocycles. The third-order valence-corrected chi connectivity index (χ3v) is 4.14. The van der Waals surface area contributed by atoms with Crippen molar-refractivity contribution in [2.45, 2.75) is 11.5 Å². The van der Waals surface area contributed by atoms with Crippen molar-refractivity contribution in [3.8, 4) is 5.75 Å². The number of carbonyl (C=O) groups excluding carboxylic acids is 1. The van der Waals surface area contributed by atoms with Gasteiger partial charge in [0.25, 0.3) is 0 Å². The zero-order chi connectivity index (χ0) is 16.1. The first kappa shape index (κ1) is 16.5. The van der Waals surface area contributed by atoms with Gasteiger partial charge in [0, 0.05) is 11.0 Å². The summed E-state index contributed by atoms with van der Waals surface area (Å²) in [6.45, 7) is 0.179. The van der Waals surface area contributed by atoms with Crippen molar-refractivity contribution in [1.29, 1.82) is 0 Å². The summed E-state index contributed by atoms with van der Waals surface area (Å²) in [7, 11) is 1.46. The number of methoxy groups -OCH3 is 1. The van der Waals surface area contributed by atoms with E-state index in [4.69, 9.17) is 26.8 Å². The van der Waals surface area contributed by atoms with Crippen molar-refractivity contribution in [2.75, 3.05) is 19.1 Å². The first-order valence-electron chi connectivity index (χ1n) is 6.48. The van der Waals surface area contributed by atoms with Crippen molar-refractivity contribution in [1.82, 2.24) is 0 Å². The van der Waals surface area contributed by atoms with Gasteiger partial charge in [0.05, 0.1) is 17.8 Å². The van der Waals surface area contributed by atoms with Crippen LogP contribution in [0.25, 0.3) is 0 Å². The fourth-order valence-corrected chi connectivity index (χ4v) is 2.42. The van der Waals surface area contributed by atoms with Gasteiger partial charge < -0.3 is 15.2 Å². The zero-order valence-corrected chi connectivity index (χ0v) is 13.8. The molecule has 0 amide bonds. The van der Waals surface area contributed by atoms with Gasteiger partial charge in [-0.1, -0.05) is 23.7 Å². The van der Waals surface area contributed by atoms with Gasteiger partial charge in [-0.05, 0) is 30.0 Å². The number of carbonyl (C=O) groups is 1. The van der Waals surface area contributed by atoms with E-state index in [-0.39, 0.29) is 17.2 Å². The average Bonchev–Trinajstić information content (AvgIpc) is 2.55. The molecule has 2 rings (SSSR count). The molecular weight excluding hydrogens is 322 g/mol. The van der Waals surface area contributed by atoms with Crippen LogP contribution in [-0.2, 0) is 11.3 Å². The number of rotatable bonds is 5. The predicted molar refractivity (Wildman–Crippen MR) is 89.8 cm³/mol. The van der Waals surface area contributed by atoms with Crippen LogP contribution in [0.2, 0.25) is 5.02 Å². The molecule has 0 aliphatic rings. The topological polar surface area (TPSA) is 61.5 Å². The Morgan fingerprint density at radius 2 is 1.95 bits per heavy atom. The molecule has 0 fully saturated rings. The molecule has 116 valence electrons. The van der Waals surface area contributed by atoms with Gasteiger partial charge in [0.1, 0.15) is 17.9 Å². The standard InChI is InChI=1S/C16H16ClNO3S/c1-20-15-8-14(18)13(17)7-12(15)16(19)21-9-10-3-5-11(22-2)6-4-10/h3-8H,9,18H2,1-2H3. The Bertz CT molecular complexity index is 674. The van der Waals surface area contributed by atoms with Gasteiger partial charge in [-0.3, -0.25) is 0 Å². The van der Waals surface area contributed by atoms with Crippen LogP contribution < -0.4 is 10.5 Å². The van der Waals surface area contributed by atoms with Gasteiger partial charge in [-0.2, -0.15) is 0 Å². The molecule has 0 unspecified atom stereocenters. The summed E-state index contributed by atoms with van der Waals surface area (Å²) in [4.78, 5) is 13.3. The summed E-state index contributed by atoms with van der Waals surface area (Å²) in [5, 5.41) is 0.289. The molecule has 0 aliphatic heterocycles. The molecule has 2 aromatic rings. The molecule has 22 heavy (non-hydrogen) atoms. The van der Waals surface area contributed by atoms with E-state index in [0.717, 1.165) is 10.5 Å². The molecule has 0 radical (unpaired) electrons. The van der Waals surface area contributed by atoms with Gasteiger partial charge in [0.2, 0.25) is 0 Å². The number of ether oxygens (including phenoxy) is 2. The number of halogens is 1. The van der Waals surface area contributed by atoms with Crippen LogP contribution >= 0.6 is 23.4 Å². The number of anilines is 1. The molecule has 0 saturated carbocycles. The highest BCUT2D eigenvalue weighted by Gasteiger charge is 2.16. The monoisotopic (exact) mass is 337 g/mol. The quantitative estimate of drug-likeness (QED) is 0.507. The molecular formula is C16H16ClNO3S. The lowest BCUT2D eigenvalue weighted by atomic mass is 10.2. The van der Waals surface area contributed by atoms with Crippen molar-refractivity contribution in [2.24, 2.45) is 0 Å². The van der Waals surface area contributed by atoms with E-state index in [1.54, 1.807) is 11.8 Å². The Balaban J connectivity index is 2.10. The Labute approximate surface area is 138 Å². The highest BCUT2D eigenvalue weighted by Crippen LogP contribution is 2.29. The second-order valence-electron chi connectivity index (χ2n) is 4.50. The molecule has 2 N–H and O–H groups in total. The number of benzene rings is 2. The average molecular weight is 338 g/mol. The smallest absolute Gasteiger partial charge is 0.342 e. The molecule has 0 saturated heterocycles. The van der Waals surface area contributed by atoms with Crippen molar-refractivity contribution >= 4 is 35.0 Å². The number of thioether (sulfide) groups is 1. The van der Waals surface area contributed by atoms with E-state index in [2.05, 4.69) is 0 Å². The molecule has 0 aromatic heterocycles. The van der Waals surface area contributed by atoms with E-state index in [1.165, 1.54) is 19.2 Å². The van der Waals surface area contributed by atoms with Gasteiger partial charge in [-0.15, -0.1) is 11.8 Å². The number of nitrogen functional groups attached to an aromatic ring is 1. The lowest BCUT2D eigenvalue weighted by Crippen LogP contribution is -2.08. The molecule has 6 heteroatoms. The first-order chi connectivity index (χ1) is 10.5. The van der Waals surface area contributed by atoms with E-state index in [0.29, 0.717) is 11.4 Å². The summed E-state index contributed by atoms with van der Waals surface area (Å²) < 4.78 is 10.4. The predicted octanol–water partition coefficient (Wildman–Crippen LogP) is 4.01. The number of esters is 1. The Morgan fingerprint density at radius 1 is 1.27 bits per heavy atom. The molecule has 0 heterocycles. The number of hydrogen-bond acceptors (Lipinski definition) is 5. The van der Waals surface area contributed by atoms with Crippen LogP contribution in [0.15, 0.2) is 41.3 Å². The highest BCUT2D eigenvalue weighted by molar-refractivity contribution is 7.98. The van der Waals surface area contributed by atoms with Crippen LogP contribution in [-0.4, -0.2) is 19.3 Å². The minimum absolute atomic E-state index is 0.179. The summed E-state index contributed by atoms with van der Waals surface area (Å²) in [5.74, 6) is -0.169. The third kappa shape index (κ3) is 3.87. The lowest BCUT2D eigenvalue weighted by Gasteiger charge is -2.11. The van der Waals surface area contributed by atoms with Crippen LogP contribution in [0, 0.1) is 0 Å². The lowest BCUT2D eigenvalue weighted by molar-refractivity contribution is 0.0469. The van der Waals surface area contributed by atoms with E-state index >= 15 is 0 Å². The normalized spacial score (nSPS) is 10.3. The largest absolute Gasteiger partial charge is 0.496 e. The molecule has 0 atom stereocenters. The minimum atomic E-state index is -0.507. The van der Waals surface area contributed by atoms with Crippen LogP contribution in [0.3, 0.4) is 0 Å². The molecule has 0 spiro atoms. The zero-order valence-electron chi connectivity index (χ0n) is 12.3. The maximum absolute atomic E-state index is 12.2. The molecule has 0 aliphatic carbocycles. The van der Waals surface area contributed by atoms with Gasteiger partial charge in [-0.25, -0.2) is 4.79 Å². The van der Waals surface area contributed by atoms with Crippen molar-refractivity contribution < 1.29 is 14.3 Å². The fraction of sp³-hybridized carbons (Fsp3) is 0.188. The fourth-order valence-electron chi connectivity index (χ4n) is 1.85. The molecule has 0 bridgehead atoms. The Hall–Kier alpha value is -1.85. The molecule has 4 nitrogen and oxygen atoms in total. The highest BCUT2D eigenvalue weighted by atomic mass is 35.5. The SMILES string of the molecule is COc1cc(N)c(Cl)cc1C(=O)OCc1ccc(SC)cc1. The van der Waals surface area contributed by atoms with Gasteiger partial charge in [0.15, 0.2) is 0 Å². The van der Waals surface area contributed by atoms with Crippen LogP contribution in [0.4, 0.5) is 5.69 Å². The van der Waals surface area contributed by atoms with Crippen LogP contribution in [0.5, 0.6) is 5.75 Å². The second kappa shape index (κ2) is 7.42. The Morgan fingerprint density at radius 3 is 2.55 bits per heavy atom. The van der Waals surface area contributed by atoms with Gasteiger partial charge >= 0.3 is 5.97 Å². The van der Waals surface area contributed by atoms with E-state index in [9.17, 15) is 4.79 Å². The van der Waals surface area contributed by atoms with E-state index < -0.39 is 5.97 Å². The second-order valence-corrected chi connectivity index (χ2v) is 5.79. The summed E-state index contributed by atoms with van der Waals surface area (Å²) in [5.41, 5.74) is 7.20. The van der Waals surface area contributed by atoms with Crippen molar-refractivity contribution in [3.63, 3.8) is 0 Å². The summed E-state index contributed by atoms with van der Waals surface area (Å²) in [6.07, 6.45) is 2.01. The number of nitrogens with two attached hydrogens (primary N) is 1. The van der Waals surface area contributed by atoms with Crippen molar-refractivity contribution in [3.05, 3.63) is 52.5 Å². The minimum Gasteiger partial charge on any atom is -0.496 e. The van der Waals surface area contributed by atoms with Crippen LogP contribution in [0.1, 0.15) is 15.9 Å². The first-order valence-corrected chi connectivity index (χ1v) is 8.08. The summed E-state index contributed by atoms with van der Waals surface area (Å²) >= 11 is 7.60. The summed E-state index contributed by atoms with van der Waals surface area (Å²) in [6, 6.07) is 10.8. The maximum Gasteiger partial charge on any atom is 0.342 e.